The molecule has 0 aromatic heterocycles. The van der Waals surface area contributed by atoms with Gasteiger partial charge in [-0.2, -0.15) is 13.2 Å². The number of halogens is 3. The van der Waals surface area contributed by atoms with E-state index in [1.54, 1.807) is 4.90 Å². The molecule has 0 saturated carbocycles. The van der Waals surface area contributed by atoms with Crippen molar-refractivity contribution in [2.24, 2.45) is 0 Å². The summed E-state index contributed by atoms with van der Waals surface area (Å²) >= 11 is 0. The van der Waals surface area contributed by atoms with E-state index in [4.69, 9.17) is 4.74 Å². The van der Waals surface area contributed by atoms with E-state index >= 15 is 0 Å². The number of alkyl halides is 3. The summed E-state index contributed by atoms with van der Waals surface area (Å²) in [7, 11) is 0. The minimum absolute atomic E-state index is 0.105. The molecule has 0 atom stereocenters. The zero-order valence-corrected chi connectivity index (χ0v) is 14.1. The second-order valence-corrected chi connectivity index (χ2v) is 6.13. The lowest BCUT2D eigenvalue weighted by Gasteiger charge is -2.28. The van der Waals surface area contributed by atoms with Gasteiger partial charge in [0.2, 0.25) is 5.91 Å². The summed E-state index contributed by atoms with van der Waals surface area (Å²) in [5, 5.41) is 0. The van der Waals surface area contributed by atoms with Gasteiger partial charge in [-0.3, -0.25) is 4.79 Å². The molecule has 0 fully saturated rings. The Morgan fingerprint density at radius 3 is 2.54 bits per heavy atom. The minimum Gasteiger partial charge on any atom is -0.489 e. The van der Waals surface area contributed by atoms with Crippen LogP contribution in [0.1, 0.15) is 22.3 Å². The first-order chi connectivity index (χ1) is 12.4. The van der Waals surface area contributed by atoms with Crippen molar-refractivity contribution >= 4 is 5.91 Å². The van der Waals surface area contributed by atoms with Crippen LogP contribution >= 0.6 is 0 Å². The SMILES string of the molecule is C=CC(=O)N1CCc2ccc(OCc3ccc(C(F)(F)F)cc3)cc2C1. The van der Waals surface area contributed by atoms with Crippen LogP contribution in [0.5, 0.6) is 5.75 Å². The fraction of sp³-hybridized carbons (Fsp3) is 0.250. The number of ether oxygens (including phenoxy) is 1. The van der Waals surface area contributed by atoms with E-state index in [1.807, 2.05) is 18.2 Å². The Bertz CT molecular complexity index is 813. The summed E-state index contributed by atoms with van der Waals surface area (Å²) in [5.74, 6) is 0.517. The van der Waals surface area contributed by atoms with Gasteiger partial charge in [0.05, 0.1) is 5.56 Å². The molecule has 3 nitrogen and oxygen atoms in total. The smallest absolute Gasteiger partial charge is 0.416 e. The van der Waals surface area contributed by atoms with E-state index < -0.39 is 11.7 Å². The quantitative estimate of drug-likeness (QED) is 0.758. The van der Waals surface area contributed by atoms with E-state index in [0.29, 0.717) is 24.4 Å². The molecule has 0 radical (unpaired) electrons. The van der Waals surface area contributed by atoms with Gasteiger partial charge in [0, 0.05) is 13.1 Å². The van der Waals surface area contributed by atoms with Crippen LogP contribution in [0.2, 0.25) is 0 Å². The molecule has 0 unspecified atom stereocenters. The van der Waals surface area contributed by atoms with E-state index in [-0.39, 0.29) is 12.5 Å². The molecule has 3 rings (SSSR count). The Balaban J connectivity index is 1.66. The average molecular weight is 361 g/mol. The molecule has 0 spiro atoms. The largest absolute Gasteiger partial charge is 0.489 e. The number of carbonyl (C=O) groups excluding carboxylic acids is 1. The van der Waals surface area contributed by atoms with Gasteiger partial charge < -0.3 is 9.64 Å². The molecule has 2 aromatic rings. The molecule has 0 N–H and O–H groups in total. The van der Waals surface area contributed by atoms with E-state index in [9.17, 15) is 18.0 Å². The number of fused-ring (bicyclic) bond motifs is 1. The summed E-state index contributed by atoms with van der Waals surface area (Å²) < 4.78 is 43.4. The molecule has 26 heavy (non-hydrogen) atoms. The van der Waals surface area contributed by atoms with Crippen LogP contribution in [-0.4, -0.2) is 17.4 Å². The molecular formula is C20H18F3NO2. The van der Waals surface area contributed by atoms with E-state index in [1.165, 1.54) is 23.8 Å². The van der Waals surface area contributed by atoms with Gasteiger partial charge in [-0.05, 0) is 53.5 Å². The van der Waals surface area contributed by atoms with Gasteiger partial charge in [0.15, 0.2) is 0 Å². The van der Waals surface area contributed by atoms with Crippen molar-refractivity contribution in [3.05, 3.63) is 77.4 Å². The Hall–Kier alpha value is -2.76. The Kier molecular flexibility index (Phi) is 5.02. The summed E-state index contributed by atoms with van der Waals surface area (Å²) in [6.07, 6.45) is -2.27. The van der Waals surface area contributed by atoms with Crippen LogP contribution in [0.15, 0.2) is 55.1 Å². The van der Waals surface area contributed by atoms with Crippen molar-refractivity contribution in [2.45, 2.75) is 25.7 Å². The lowest BCUT2D eigenvalue weighted by Crippen LogP contribution is -2.34. The second kappa shape index (κ2) is 7.23. The van der Waals surface area contributed by atoms with Gasteiger partial charge in [0.1, 0.15) is 12.4 Å². The maximum Gasteiger partial charge on any atom is 0.416 e. The summed E-state index contributed by atoms with van der Waals surface area (Å²) in [5.41, 5.74) is 2.15. The highest BCUT2D eigenvalue weighted by Crippen LogP contribution is 2.29. The number of hydrogen-bond donors (Lipinski definition) is 0. The highest BCUT2D eigenvalue weighted by atomic mass is 19.4. The predicted octanol–water partition coefficient (Wildman–Crippen LogP) is 4.36. The van der Waals surface area contributed by atoms with Crippen LogP contribution < -0.4 is 4.74 Å². The maximum absolute atomic E-state index is 12.6. The fourth-order valence-corrected chi connectivity index (χ4v) is 2.90. The Morgan fingerprint density at radius 2 is 1.88 bits per heavy atom. The van der Waals surface area contributed by atoms with Crippen LogP contribution in [0.25, 0.3) is 0 Å². The molecular weight excluding hydrogens is 343 g/mol. The first kappa shape index (κ1) is 18.0. The van der Waals surface area contributed by atoms with Crippen molar-refractivity contribution in [1.29, 1.82) is 0 Å². The normalized spacial score (nSPS) is 13.9. The highest BCUT2D eigenvalue weighted by Gasteiger charge is 2.29. The van der Waals surface area contributed by atoms with Gasteiger partial charge in [-0.25, -0.2) is 0 Å². The standard InChI is InChI=1S/C20H18F3NO2/c1-2-19(25)24-10-9-15-5-8-18(11-16(15)12-24)26-13-14-3-6-17(7-4-14)20(21,22)23/h2-8,11H,1,9-10,12-13H2. The third-order valence-electron chi connectivity index (χ3n) is 4.36. The molecule has 1 aliphatic heterocycles. The fourth-order valence-electron chi connectivity index (χ4n) is 2.90. The Morgan fingerprint density at radius 1 is 1.15 bits per heavy atom. The Labute approximate surface area is 149 Å². The molecule has 0 aliphatic carbocycles. The number of nitrogens with zero attached hydrogens (tertiary/aromatic N) is 1. The van der Waals surface area contributed by atoms with E-state index in [2.05, 4.69) is 6.58 Å². The summed E-state index contributed by atoms with van der Waals surface area (Å²) in [4.78, 5) is 13.5. The maximum atomic E-state index is 12.6. The first-order valence-corrected chi connectivity index (χ1v) is 8.19. The van der Waals surface area contributed by atoms with Crippen LogP contribution in [0.3, 0.4) is 0 Å². The van der Waals surface area contributed by atoms with Crippen molar-refractivity contribution in [1.82, 2.24) is 4.90 Å². The minimum atomic E-state index is -4.34. The van der Waals surface area contributed by atoms with Crippen molar-refractivity contribution in [3.8, 4) is 5.75 Å². The topological polar surface area (TPSA) is 29.5 Å². The highest BCUT2D eigenvalue weighted by molar-refractivity contribution is 5.87. The van der Waals surface area contributed by atoms with Gasteiger partial charge in [-0.15, -0.1) is 0 Å². The van der Waals surface area contributed by atoms with Crippen LogP contribution in [0, 0.1) is 0 Å². The first-order valence-electron chi connectivity index (χ1n) is 8.19. The van der Waals surface area contributed by atoms with Crippen LogP contribution in [0.4, 0.5) is 13.2 Å². The van der Waals surface area contributed by atoms with Gasteiger partial charge in [-0.1, -0.05) is 24.8 Å². The lowest BCUT2D eigenvalue weighted by molar-refractivity contribution is -0.137. The summed E-state index contributed by atoms with van der Waals surface area (Å²) in [6, 6.07) is 10.6. The third-order valence-corrected chi connectivity index (χ3v) is 4.36. The van der Waals surface area contributed by atoms with Crippen molar-refractivity contribution in [3.63, 3.8) is 0 Å². The zero-order chi connectivity index (χ0) is 18.7. The van der Waals surface area contributed by atoms with Crippen molar-refractivity contribution < 1.29 is 22.7 Å². The van der Waals surface area contributed by atoms with Gasteiger partial charge in [0.25, 0.3) is 0 Å². The van der Waals surface area contributed by atoms with Crippen molar-refractivity contribution in [2.75, 3.05) is 6.54 Å². The number of benzene rings is 2. The number of rotatable bonds is 4. The number of hydrogen-bond acceptors (Lipinski definition) is 2. The molecule has 136 valence electrons. The number of carbonyl (C=O) groups is 1. The monoisotopic (exact) mass is 361 g/mol. The zero-order valence-electron chi connectivity index (χ0n) is 14.1. The molecule has 0 saturated heterocycles. The molecule has 0 bridgehead atoms. The average Bonchev–Trinajstić information content (AvgIpc) is 2.64. The van der Waals surface area contributed by atoms with Gasteiger partial charge >= 0.3 is 6.18 Å². The second-order valence-electron chi connectivity index (χ2n) is 6.13. The van der Waals surface area contributed by atoms with E-state index in [0.717, 1.165) is 24.1 Å². The molecule has 6 heteroatoms. The summed E-state index contributed by atoms with van der Waals surface area (Å²) in [6.45, 7) is 4.83. The molecule has 2 aromatic carbocycles. The molecule has 1 heterocycles. The predicted molar refractivity (Wildman–Crippen MR) is 91.5 cm³/mol. The molecule has 1 amide bonds. The van der Waals surface area contributed by atoms with Crippen LogP contribution in [-0.2, 0) is 30.5 Å². The lowest BCUT2D eigenvalue weighted by atomic mass is 9.99. The third kappa shape index (κ3) is 4.07. The molecule has 1 aliphatic rings. The number of amides is 1.